The molecule has 1 aromatic carbocycles. The summed E-state index contributed by atoms with van der Waals surface area (Å²) in [6.45, 7) is 3.99. The maximum absolute atomic E-state index is 12.6. The molecular weight excluding hydrogens is 291 g/mol. The fourth-order valence-electron chi connectivity index (χ4n) is 1.70. The third-order valence-corrected chi connectivity index (χ3v) is 3.18. The van der Waals surface area contributed by atoms with E-state index in [9.17, 15) is 13.2 Å². The van der Waals surface area contributed by atoms with Crippen LogP contribution in [0.1, 0.15) is 31.9 Å². The molecule has 2 nitrogen and oxygen atoms in total. The summed E-state index contributed by atoms with van der Waals surface area (Å²) in [5.41, 5.74) is 0.564. The van der Waals surface area contributed by atoms with Crippen LogP contribution in [-0.4, -0.2) is 25.4 Å². The molecule has 0 spiro atoms. The molecule has 2 atom stereocenters. The summed E-state index contributed by atoms with van der Waals surface area (Å²) in [6, 6.07) is 6.79. The Hall–Kier alpha value is -0.780. The second kappa shape index (κ2) is 7.86. The zero-order valence-electron chi connectivity index (χ0n) is 11.5. The molecule has 6 heteroatoms. The second-order valence-corrected chi connectivity index (χ2v) is 4.94. The molecule has 0 heterocycles. The van der Waals surface area contributed by atoms with Crippen LogP contribution in [-0.2, 0) is 4.74 Å². The van der Waals surface area contributed by atoms with E-state index < -0.39 is 18.4 Å². The molecule has 0 saturated carbocycles. The highest BCUT2D eigenvalue weighted by Gasteiger charge is 2.38. The minimum atomic E-state index is -4.38. The van der Waals surface area contributed by atoms with E-state index in [-0.39, 0.29) is 6.54 Å². The minimum absolute atomic E-state index is 0.290. The number of benzene rings is 1. The normalized spacial score (nSPS) is 15.1. The number of ether oxygens (including phenoxy) is 1. The standard InChI is InChI=1S/C14H19ClF3NO/c1-3-8-19-9-13(20-10(2)14(16,17)18)11-6-4-5-7-12(11)15/h4-7,10,13,19H,3,8-9H2,1-2H3. The monoisotopic (exact) mass is 309 g/mol. The van der Waals surface area contributed by atoms with Crippen molar-refractivity contribution in [2.75, 3.05) is 13.1 Å². The SMILES string of the molecule is CCCNCC(OC(C)C(F)(F)F)c1ccccc1Cl. The van der Waals surface area contributed by atoms with Crippen LogP contribution in [0.25, 0.3) is 0 Å². The fraction of sp³-hybridized carbons (Fsp3) is 0.571. The Morgan fingerprint density at radius 2 is 1.95 bits per heavy atom. The molecular formula is C14H19ClF3NO. The van der Waals surface area contributed by atoms with Crippen molar-refractivity contribution in [3.63, 3.8) is 0 Å². The number of alkyl halides is 3. The summed E-state index contributed by atoms with van der Waals surface area (Å²) in [4.78, 5) is 0. The Labute approximate surface area is 122 Å². The topological polar surface area (TPSA) is 21.3 Å². The van der Waals surface area contributed by atoms with Crippen molar-refractivity contribution in [3.05, 3.63) is 34.9 Å². The molecule has 0 aliphatic rings. The molecule has 1 aromatic rings. The number of nitrogens with one attached hydrogen (secondary N) is 1. The van der Waals surface area contributed by atoms with E-state index in [1.807, 2.05) is 6.92 Å². The molecule has 0 aliphatic heterocycles. The van der Waals surface area contributed by atoms with Crippen LogP contribution in [0.5, 0.6) is 0 Å². The molecule has 0 fully saturated rings. The van der Waals surface area contributed by atoms with E-state index in [0.29, 0.717) is 17.1 Å². The summed E-state index contributed by atoms with van der Waals surface area (Å²) in [5.74, 6) is 0. The lowest BCUT2D eigenvalue weighted by Gasteiger charge is -2.25. The van der Waals surface area contributed by atoms with E-state index in [4.69, 9.17) is 16.3 Å². The quantitative estimate of drug-likeness (QED) is 0.756. The zero-order valence-corrected chi connectivity index (χ0v) is 12.3. The predicted octanol–water partition coefficient (Wildman–Crippen LogP) is 4.35. The number of hydrogen-bond acceptors (Lipinski definition) is 2. The lowest BCUT2D eigenvalue weighted by molar-refractivity contribution is -0.227. The largest absolute Gasteiger partial charge is 0.414 e. The van der Waals surface area contributed by atoms with E-state index in [1.54, 1.807) is 24.3 Å². The van der Waals surface area contributed by atoms with Gasteiger partial charge in [0.05, 0.1) is 6.10 Å². The molecule has 0 bridgehead atoms. The molecule has 2 unspecified atom stereocenters. The van der Waals surface area contributed by atoms with Crippen molar-refractivity contribution < 1.29 is 17.9 Å². The van der Waals surface area contributed by atoms with Crippen LogP contribution in [0.4, 0.5) is 13.2 Å². The van der Waals surface area contributed by atoms with Crippen molar-refractivity contribution in [2.24, 2.45) is 0 Å². The van der Waals surface area contributed by atoms with E-state index in [0.717, 1.165) is 13.3 Å². The van der Waals surface area contributed by atoms with Crippen LogP contribution in [0.15, 0.2) is 24.3 Å². The molecule has 0 saturated heterocycles. The first kappa shape index (κ1) is 17.3. The number of rotatable bonds is 7. The third-order valence-electron chi connectivity index (χ3n) is 2.84. The summed E-state index contributed by atoms with van der Waals surface area (Å²) < 4.78 is 43.1. The van der Waals surface area contributed by atoms with Gasteiger partial charge in [-0.05, 0) is 26.0 Å². The Balaban J connectivity index is 2.83. The minimum Gasteiger partial charge on any atom is -0.360 e. The molecule has 1 rings (SSSR count). The fourth-order valence-corrected chi connectivity index (χ4v) is 1.96. The van der Waals surface area contributed by atoms with Crippen molar-refractivity contribution in [2.45, 2.75) is 38.7 Å². The van der Waals surface area contributed by atoms with Gasteiger partial charge in [0.2, 0.25) is 0 Å². The number of hydrogen-bond donors (Lipinski definition) is 1. The van der Waals surface area contributed by atoms with Gasteiger partial charge in [0.25, 0.3) is 0 Å². The highest BCUT2D eigenvalue weighted by Crippen LogP contribution is 2.31. The summed E-state index contributed by atoms with van der Waals surface area (Å²) in [5, 5.41) is 3.47. The Kier molecular flexibility index (Phi) is 6.79. The highest BCUT2D eigenvalue weighted by molar-refractivity contribution is 6.31. The van der Waals surface area contributed by atoms with Gasteiger partial charge in [-0.25, -0.2) is 0 Å². The average Bonchev–Trinajstić information content (AvgIpc) is 2.37. The Bertz CT molecular complexity index is 412. The van der Waals surface area contributed by atoms with Gasteiger partial charge in [0.1, 0.15) is 0 Å². The predicted molar refractivity (Wildman–Crippen MR) is 74.0 cm³/mol. The van der Waals surface area contributed by atoms with Crippen molar-refractivity contribution in [1.29, 1.82) is 0 Å². The Morgan fingerprint density at radius 1 is 1.30 bits per heavy atom. The molecule has 0 radical (unpaired) electrons. The third kappa shape index (κ3) is 5.31. The first-order valence-corrected chi connectivity index (χ1v) is 6.91. The van der Waals surface area contributed by atoms with Gasteiger partial charge in [-0.3, -0.25) is 0 Å². The smallest absolute Gasteiger partial charge is 0.360 e. The highest BCUT2D eigenvalue weighted by atomic mass is 35.5. The van der Waals surface area contributed by atoms with Gasteiger partial charge in [-0.1, -0.05) is 36.7 Å². The molecule has 20 heavy (non-hydrogen) atoms. The molecule has 0 aromatic heterocycles. The first-order chi connectivity index (χ1) is 9.36. The summed E-state index contributed by atoms with van der Waals surface area (Å²) in [6.07, 6.45) is -6.06. The maximum Gasteiger partial charge on any atom is 0.414 e. The first-order valence-electron chi connectivity index (χ1n) is 6.53. The van der Waals surface area contributed by atoms with E-state index in [1.165, 1.54) is 0 Å². The molecule has 0 amide bonds. The van der Waals surface area contributed by atoms with Gasteiger partial charge >= 0.3 is 6.18 Å². The molecule has 1 N–H and O–H groups in total. The van der Waals surface area contributed by atoms with Gasteiger partial charge in [-0.15, -0.1) is 0 Å². The molecule has 114 valence electrons. The Morgan fingerprint density at radius 3 is 2.50 bits per heavy atom. The van der Waals surface area contributed by atoms with E-state index in [2.05, 4.69) is 5.32 Å². The zero-order chi connectivity index (χ0) is 15.2. The number of halogens is 4. The van der Waals surface area contributed by atoms with Crippen molar-refractivity contribution >= 4 is 11.6 Å². The lowest BCUT2D eigenvalue weighted by atomic mass is 10.1. The van der Waals surface area contributed by atoms with Gasteiger partial charge < -0.3 is 10.1 Å². The van der Waals surface area contributed by atoms with Crippen LogP contribution in [0.3, 0.4) is 0 Å². The lowest BCUT2D eigenvalue weighted by Crippen LogP contribution is -2.33. The average molecular weight is 310 g/mol. The van der Waals surface area contributed by atoms with E-state index >= 15 is 0 Å². The second-order valence-electron chi connectivity index (χ2n) is 4.53. The maximum atomic E-state index is 12.6. The van der Waals surface area contributed by atoms with Gasteiger partial charge in [0, 0.05) is 17.1 Å². The van der Waals surface area contributed by atoms with Crippen LogP contribution < -0.4 is 5.32 Å². The molecule has 0 aliphatic carbocycles. The summed E-state index contributed by atoms with van der Waals surface area (Å²) >= 11 is 6.04. The van der Waals surface area contributed by atoms with Crippen LogP contribution in [0.2, 0.25) is 5.02 Å². The van der Waals surface area contributed by atoms with Crippen LogP contribution in [0, 0.1) is 0 Å². The van der Waals surface area contributed by atoms with Crippen LogP contribution >= 0.6 is 11.6 Å². The summed E-state index contributed by atoms with van der Waals surface area (Å²) in [7, 11) is 0. The van der Waals surface area contributed by atoms with Crippen molar-refractivity contribution in [3.8, 4) is 0 Å². The van der Waals surface area contributed by atoms with Crippen molar-refractivity contribution in [1.82, 2.24) is 5.32 Å². The van der Waals surface area contributed by atoms with Gasteiger partial charge in [-0.2, -0.15) is 13.2 Å². The van der Waals surface area contributed by atoms with Gasteiger partial charge in [0.15, 0.2) is 6.10 Å².